The number of hydrogen-bond donors (Lipinski definition) is 0. The molecule has 0 bridgehead atoms. The quantitative estimate of drug-likeness (QED) is 0.781. The van der Waals surface area contributed by atoms with Crippen molar-refractivity contribution >= 4 is 29.2 Å². The molecule has 2 aromatic rings. The average molecular weight is 308 g/mol. The van der Waals surface area contributed by atoms with E-state index in [2.05, 4.69) is 0 Å². The maximum Gasteiger partial charge on any atom is 0.355 e. The third-order valence-corrected chi connectivity index (χ3v) is 3.50. The van der Waals surface area contributed by atoms with Crippen molar-refractivity contribution in [3.05, 3.63) is 82.1 Å². The first kappa shape index (κ1) is 14.1. The first-order chi connectivity index (χ1) is 10.7. The summed E-state index contributed by atoms with van der Waals surface area (Å²) in [6.45, 7) is 0. The highest BCUT2D eigenvalue weighted by molar-refractivity contribution is 6.30. The van der Waals surface area contributed by atoms with E-state index in [0.717, 1.165) is 5.56 Å². The third-order valence-electron chi connectivity index (χ3n) is 3.25. The normalized spacial score (nSPS) is 15.8. The lowest BCUT2D eigenvalue weighted by Gasteiger charge is -2.05. The summed E-state index contributed by atoms with van der Waals surface area (Å²) in [4.78, 5) is 11.9. The second kappa shape index (κ2) is 5.88. The Balaban J connectivity index is 2.14. The lowest BCUT2D eigenvalue weighted by atomic mass is 9.99. The van der Waals surface area contributed by atoms with E-state index in [-0.39, 0.29) is 5.57 Å². The number of nitrogens with zero attached hydrogens (tertiary/aromatic N) is 1. The summed E-state index contributed by atoms with van der Waals surface area (Å²) in [5.74, 6) is -0.260. The molecule has 3 rings (SSSR count). The van der Waals surface area contributed by atoms with E-state index in [1.807, 2.05) is 36.4 Å². The molecular weight excluding hydrogens is 298 g/mol. The van der Waals surface area contributed by atoms with Crippen LogP contribution in [-0.2, 0) is 9.53 Å². The summed E-state index contributed by atoms with van der Waals surface area (Å²) in [6.07, 6.45) is 1.74. The van der Waals surface area contributed by atoms with Gasteiger partial charge >= 0.3 is 5.97 Å². The average Bonchev–Trinajstić information content (AvgIpc) is 2.84. The Bertz CT molecular complexity index is 828. The molecule has 0 unspecified atom stereocenters. The minimum absolute atomic E-state index is 0.00417. The van der Waals surface area contributed by atoms with Crippen LogP contribution < -0.4 is 0 Å². The molecule has 2 aromatic carbocycles. The van der Waals surface area contributed by atoms with E-state index in [4.69, 9.17) is 16.3 Å². The predicted octanol–water partition coefficient (Wildman–Crippen LogP) is 4.22. The Morgan fingerprint density at radius 3 is 2.36 bits per heavy atom. The largest absolute Gasteiger partial charge is 0.422 e. The number of nitriles is 1. The standard InChI is InChI=1S/C18H10ClNO2/c19-14-8-6-13(7-9-14)17-15(11-20)18(21)22-16(17)10-12-4-2-1-3-5-12/h1-10H/b16-10-. The highest BCUT2D eigenvalue weighted by atomic mass is 35.5. The molecule has 0 spiro atoms. The molecular formula is C18H10ClNO2. The maximum atomic E-state index is 11.9. The van der Waals surface area contributed by atoms with Crippen molar-refractivity contribution in [2.45, 2.75) is 0 Å². The predicted molar refractivity (Wildman–Crippen MR) is 84.5 cm³/mol. The van der Waals surface area contributed by atoms with Crippen LogP contribution in [0.2, 0.25) is 5.02 Å². The molecule has 0 aromatic heterocycles. The molecule has 0 aliphatic carbocycles. The topological polar surface area (TPSA) is 50.1 Å². The Kier molecular flexibility index (Phi) is 3.78. The highest BCUT2D eigenvalue weighted by Crippen LogP contribution is 2.35. The number of allylic oxidation sites excluding steroid dienone is 1. The van der Waals surface area contributed by atoms with Gasteiger partial charge in [-0.25, -0.2) is 4.79 Å². The van der Waals surface area contributed by atoms with Gasteiger partial charge in [-0.1, -0.05) is 54.1 Å². The number of hydrogen-bond acceptors (Lipinski definition) is 3. The number of esters is 1. The van der Waals surface area contributed by atoms with Gasteiger partial charge in [-0.05, 0) is 29.3 Å². The number of rotatable bonds is 2. The third kappa shape index (κ3) is 2.65. The lowest BCUT2D eigenvalue weighted by molar-refractivity contribution is -0.132. The minimum Gasteiger partial charge on any atom is -0.422 e. The van der Waals surface area contributed by atoms with Crippen LogP contribution in [0.1, 0.15) is 11.1 Å². The molecule has 1 aliphatic heterocycles. The second-order valence-electron chi connectivity index (χ2n) is 4.68. The number of carbonyl (C=O) groups is 1. The summed E-state index contributed by atoms with van der Waals surface area (Å²) in [5.41, 5.74) is 2.10. The monoisotopic (exact) mass is 307 g/mol. The van der Waals surface area contributed by atoms with Crippen LogP contribution in [0.3, 0.4) is 0 Å². The van der Waals surface area contributed by atoms with Gasteiger partial charge in [0, 0.05) is 10.6 Å². The van der Waals surface area contributed by atoms with Gasteiger partial charge in [0.05, 0.1) is 0 Å². The molecule has 22 heavy (non-hydrogen) atoms. The van der Waals surface area contributed by atoms with Crippen LogP contribution in [0, 0.1) is 11.3 Å². The van der Waals surface area contributed by atoms with E-state index >= 15 is 0 Å². The van der Waals surface area contributed by atoms with Gasteiger partial charge in [-0.3, -0.25) is 0 Å². The van der Waals surface area contributed by atoms with Crippen molar-refractivity contribution in [1.82, 2.24) is 0 Å². The van der Waals surface area contributed by atoms with Crippen LogP contribution in [0.25, 0.3) is 11.6 Å². The molecule has 0 amide bonds. The molecule has 0 atom stereocenters. The highest BCUT2D eigenvalue weighted by Gasteiger charge is 2.31. The van der Waals surface area contributed by atoms with Crippen LogP contribution in [-0.4, -0.2) is 5.97 Å². The molecule has 1 aliphatic rings. The Morgan fingerprint density at radius 2 is 1.73 bits per heavy atom. The van der Waals surface area contributed by atoms with Crippen molar-refractivity contribution in [3.8, 4) is 6.07 Å². The SMILES string of the molecule is N#CC1=C(c2ccc(Cl)cc2)/C(=C/c2ccccc2)OC1=O. The zero-order valence-electron chi connectivity index (χ0n) is 11.4. The number of benzene rings is 2. The molecule has 1 heterocycles. The fourth-order valence-electron chi connectivity index (χ4n) is 2.23. The number of cyclic esters (lactones) is 1. The summed E-state index contributed by atoms with van der Waals surface area (Å²) in [5, 5.41) is 9.83. The zero-order valence-corrected chi connectivity index (χ0v) is 12.2. The van der Waals surface area contributed by atoms with Gasteiger partial charge in [0.15, 0.2) is 0 Å². The summed E-state index contributed by atoms with van der Waals surface area (Å²) in [7, 11) is 0. The molecule has 0 radical (unpaired) electrons. The summed E-state index contributed by atoms with van der Waals surface area (Å²) < 4.78 is 5.26. The van der Waals surface area contributed by atoms with Gasteiger partial charge in [0.1, 0.15) is 17.4 Å². The van der Waals surface area contributed by atoms with Gasteiger partial charge in [0.2, 0.25) is 0 Å². The first-order valence-corrected chi connectivity index (χ1v) is 6.96. The van der Waals surface area contributed by atoms with Gasteiger partial charge in [-0.15, -0.1) is 0 Å². The Labute approximate surface area is 132 Å². The smallest absolute Gasteiger partial charge is 0.355 e. The van der Waals surface area contributed by atoms with Crippen molar-refractivity contribution in [2.75, 3.05) is 0 Å². The van der Waals surface area contributed by atoms with Crippen LogP contribution in [0.4, 0.5) is 0 Å². The van der Waals surface area contributed by atoms with E-state index < -0.39 is 5.97 Å². The number of halogens is 1. The maximum absolute atomic E-state index is 11.9. The fourth-order valence-corrected chi connectivity index (χ4v) is 2.36. The molecule has 3 nitrogen and oxygen atoms in total. The molecule has 106 valence electrons. The van der Waals surface area contributed by atoms with E-state index in [1.54, 1.807) is 30.3 Å². The van der Waals surface area contributed by atoms with E-state index in [0.29, 0.717) is 21.9 Å². The van der Waals surface area contributed by atoms with Crippen molar-refractivity contribution in [3.63, 3.8) is 0 Å². The second-order valence-corrected chi connectivity index (χ2v) is 5.11. The van der Waals surface area contributed by atoms with Crippen molar-refractivity contribution < 1.29 is 9.53 Å². The molecule has 0 N–H and O–H groups in total. The minimum atomic E-state index is -0.630. The van der Waals surface area contributed by atoms with Crippen LogP contribution in [0.5, 0.6) is 0 Å². The number of carbonyl (C=O) groups excluding carboxylic acids is 1. The van der Waals surface area contributed by atoms with Crippen molar-refractivity contribution in [1.29, 1.82) is 5.26 Å². The molecule has 4 heteroatoms. The molecule has 0 saturated heterocycles. The summed E-state index contributed by atoms with van der Waals surface area (Å²) >= 11 is 5.89. The van der Waals surface area contributed by atoms with Gasteiger partial charge in [0.25, 0.3) is 0 Å². The Morgan fingerprint density at radius 1 is 1.05 bits per heavy atom. The van der Waals surface area contributed by atoms with E-state index in [1.165, 1.54) is 0 Å². The number of ether oxygens (including phenoxy) is 1. The lowest BCUT2D eigenvalue weighted by Crippen LogP contribution is -1.96. The Hall–Kier alpha value is -2.83. The molecule has 0 saturated carbocycles. The summed E-state index contributed by atoms with van der Waals surface area (Å²) in [6, 6.07) is 18.3. The first-order valence-electron chi connectivity index (χ1n) is 6.58. The van der Waals surface area contributed by atoms with Gasteiger partial charge < -0.3 is 4.74 Å². The van der Waals surface area contributed by atoms with Crippen molar-refractivity contribution in [2.24, 2.45) is 0 Å². The van der Waals surface area contributed by atoms with Crippen LogP contribution >= 0.6 is 11.6 Å². The van der Waals surface area contributed by atoms with E-state index in [9.17, 15) is 10.1 Å². The fraction of sp³-hybridized carbons (Fsp3) is 0. The van der Waals surface area contributed by atoms with Crippen LogP contribution in [0.15, 0.2) is 65.9 Å². The zero-order chi connectivity index (χ0) is 15.5. The molecule has 0 fully saturated rings. The van der Waals surface area contributed by atoms with Gasteiger partial charge in [-0.2, -0.15) is 5.26 Å².